The van der Waals surface area contributed by atoms with Crippen molar-refractivity contribution in [3.63, 3.8) is 0 Å². The molecule has 0 saturated carbocycles. The van der Waals surface area contributed by atoms with Crippen molar-refractivity contribution in [2.24, 2.45) is 0 Å². The molecule has 0 aromatic heterocycles. The average Bonchev–Trinajstić information content (AvgIpc) is 1.88. The second-order valence-electron chi connectivity index (χ2n) is 1.65. The van der Waals surface area contributed by atoms with Gasteiger partial charge in [-0.25, -0.2) is 0 Å². The lowest BCUT2D eigenvalue weighted by Crippen LogP contribution is -1.86. The van der Waals surface area contributed by atoms with E-state index in [4.69, 9.17) is 5.11 Å². The first-order valence-electron chi connectivity index (χ1n) is 2.50. The van der Waals surface area contributed by atoms with Gasteiger partial charge in [-0.05, 0) is 12.1 Å². The van der Waals surface area contributed by atoms with Crippen molar-refractivity contribution in [3.8, 4) is 5.75 Å². The molecular weight excluding hydrogens is 135 g/mol. The van der Waals surface area contributed by atoms with Crippen molar-refractivity contribution in [1.29, 1.82) is 0 Å². The Morgan fingerprint density at radius 2 is 2.22 bits per heavy atom. The topological polar surface area (TPSA) is 37.3 Å². The second kappa shape index (κ2) is 2.60. The molecule has 9 heavy (non-hydrogen) atoms. The minimum Gasteiger partial charge on any atom is -0.508 e. The van der Waals surface area contributed by atoms with Gasteiger partial charge in [0.25, 0.3) is 0 Å². The highest BCUT2D eigenvalue weighted by atomic mass is 31.1. The van der Waals surface area contributed by atoms with Gasteiger partial charge in [0.2, 0.25) is 0 Å². The molecule has 0 heterocycles. The first-order chi connectivity index (χ1) is 4.33. The van der Waals surface area contributed by atoms with E-state index in [1.54, 1.807) is 18.2 Å². The van der Waals surface area contributed by atoms with E-state index < -0.39 is 8.46 Å². The standard InChI is InChI=1S/C6H5O2P/c7-5-2-1-3-6(4-5)9-8/h1-4,7H/p+1. The Hall–Kier alpha value is -0.880. The van der Waals surface area contributed by atoms with E-state index in [2.05, 4.69) is 0 Å². The molecule has 3 heteroatoms. The van der Waals surface area contributed by atoms with Crippen molar-refractivity contribution in [2.45, 2.75) is 0 Å². The lowest BCUT2D eigenvalue weighted by molar-refractivity contribution is 0.476. The summed E-state index contributed by atoms with van der Waals surface area (Å²) in [7, 11) is -0.484. The Kier molecular flexibility index (Phi) is 1.81. The molecule has 1 rings (SSSR count). The first-order valence-corrected chi connectivity index (χ1v) is 3.41. The molecule has 1 aromatic carbocycles. The molecule has 1 N–H and O–H groups in total. The van der Waals surface area contributed by atoms with E-state index in [-0.39, 0.29) is 5.75 Å². The monoisotopic (exact) mass is 141 g/mol. The van der Waals surface area contributed by atoms with E-state index in [1.165, 1.54) is 6.07 Å². The maximum Gasteiger partial charge on any atom is 0.363 e. The van der Waals surface area contributed by atoms with Gasteiger partial charge in [0.05, 0.1) is 0 Å². The Bertz CT molecular complexity index is 222. The first kappa shape index (κ1) is 6.24. The van der Waals surface area contributed by atoms with Crippen LogP contribution in [0.15, 0.2) is 24.3 Å². The van der Waals surface area contributed by atoms with Gasteiger partial charge in [-0.2, -0.15) is 0 Å². The van der Waals surface area contributed by atoms with E-state index in [0.717, 1.165) is 0 Å². The maximum absolute atomic E-state index is 10.2. The zero-order chi connectivity index (χ0) is 6.69. The smallest absolute Gasteiger partial charge is 0.363 e. The molecule has 0 amide bonds. The largest absolute Gasteiger partial charge is 0.508 e. The van der Waals surface area contributed by atoms with Crippen LogP contribution in [0.5, 0.6) is 5.75 Å². The van der Waals surface area contributed by atoms with Gasteiger partial charge in [-0.3, -0.25) is 0 Å². The molecule has 0 aliphatic heterocycles. The highest BCUT2D eigenvalue weighted by molar-refractivity contribution is 7.34. The van der Waals surface area contributed by atoms with Crippen molar-refractivity contribution < 1.29 is 9.67 Å². The Balaban J connectivity index is 3.07. The van der Waals surface area contributed by atoms with Gasteiger partial charge in [-0.1, -0.05) is 10.6 Å². The summed E-state index contributed by atoms with van der Waals surface area (Å²) in [4.78, 5) is 0. The summed E-state index contributed by atoms with van der Waals surface area (Å²) >= 11 is 0. The summed E-state index contributed by atoms with van der Waals surface area (Å²) in [5, 5.41) is 9.46. The van der Waals surface area contributed by atoms with E-state index in [0.29, 0.717) is 5.30 Å². The van der Waals surface area contributed by atoms with Gasteiger partial charge in [0, 0.05) is 6.07 Å². The Labute approximate surface area is 54.3 Å². The highest BCUT2D eigenvalue weighted by Gasteiger charge is 1.97. The fraction of sp³-hybridized carbons (Fsp3) is 0. The molecule has 1 unspecified atom stereocenters. The molecule has 0 saturated heterocycles. The number of rotatable bonds is 1. The second-order valence-corrected chi connectivity index (χ2v) is 2.43. The Morgan fingerprint density at radius 1 is 1.44 bits per heavy atom. The van der Waals surface area contributed by atoms with Crippen LogP contribution >= 0.6 is 8.46 Å². The van der Waals surface area contributed by atoms with Crippen LogP contribution in [-0.2, 0) is 4.57 Å². The van der Waals surface area contributed by atoms with Gasteiger partial charge >= 0.3 is 8.46 Å². The van der Waals surface area contributed by atoms with Crippen molar-refractivity contribution in [1.82, 2.24) is 0 Å². The van der Waals surface area contributed by atoms with Crippen molar-refractivity contribution >= 4 is 13.8 Å². The van der Waals surface area contributed by atoms with Crippen molar-refractivity contribution in [2.75, 3.05) is 0 Å². The summed E-state index contributed by atoms with van der Waals surface area (Å²) in [6.07, 6.45) is 0. The van der Waals surface area contributed by atoms with Gasteiger partial charge < -0.3 is 5.11 Å². The number of hydrogen-bond acceptors (Lipinski definition) is 2. The van der Waals surface area contributed by atoms with Crippen LogP contribution in [0, 0.1) is 0 Å². The van der Waals surface area contributed by atoms with Crippen LogP contribution in [0.3, 0.4) is 0 Å². The minimum absolute atomic E-state index is 0.163. The summed E-state index contributed by atoms with van der Waals surface area (Å²) in [5.41, 5.74) is 0. The molecule has 46 valence electrons. The third-order valence-corrected chi connectivity index (χ3v) is 1.51. The molecule has 0 spiro atoms. The quantitative estimate of drug-likeness (QED) is 0.593. The molecule has 0 bridgehead atoms. The number of aromatic hydroxyl groups is 1. The minimum atomic E-state index is -0.484. The fourth-order valence-corrected chi connectivity index (χ4v) is 0.940. The SMILES string of the molecule is O=[PH+]c1cccc(O)c1. The van der Waals surface area contributed by atoms with E-state index in [9.17, 15) is 4.57 Å². The van der Waals surface area contributed by atoms with Gasteiger partial charge in [-0.15, -0.1) is 0 Å². The predicted octanol–water partition coefficient (Wildman–Crippen LogP) is 1.04. The summed E-state index contributed by atoms with van der Waals surface area (Å²) < 4.78 is 10.2. The molecule has 2 nitrogen and oxygen atoms in total. The van der Waals surface area contributed by atoms with Crippen LogP contribution in [-0.4, -0.2) is 5.11 Å². The molecule has 0 aliphatic rings. The van der Waals surface area contributed by atoms with Crippen LogP contribution in [0.1, 0.15) is 0 Å². The molecular formula is C6H6O2P+. The molecule has 0 aliphatic carbocycles. The number of phenols is 1. The normalized spacial score (nSPS) is 9.78. The van der Waals surface area contributed by atoms with Crippen LogP contribution in [0.4, 0.5) is 0 Å². The molecule has 1 atom stereocenters. The molecule has 1 aromatic rings. The summed E-state index contributed by atoms with van der Waals surface area (Å²) in [6, 6.07) is 6.38. The fourth-order valence-electron chi connectivity index (χ4n) is 0.569. The third kappa shape index (κ3) is 1.51. The van der Waals surface area contributed by atoms with Crippen LogP contribution in [0.25, 0.3) is 0 Å². The van der Waals surface area contributed by atoms with Gasteiger partial charge in [0.15, 0.2) is 5.30 Å². The lowest BCUT2D eigenvalue weighted by atomic mass is 10.3. The van der Waals surface area contributed by atoms with Crippen LogP contribution in [0.2, 0.25) is 0 Å². The third-order valence-electron chi connectivity index (χ3n) is 0.964. The predicted molar refractivity (Wildman–Crippen MR) is 36.7 cm³/mol. The highest BCUT2D eigenvalue weighted by Crippen LogP contribution is 2.06. The zero-order valence-corrected chi connectivity index (χ0v) is 5.66. The number of phenolic OH excluding ortho intramolecular Hbond substituents is 1. The maximum atomic E-state index is 10.2. The Morgan fingerprint density at radius 3 is 2.67 bits per heavy atom. The number of hydrogen-bond donors (Lipinski definition) is 1. The van der Waals surface area contributed by atoms with Crippen LogP contribution < -0.4 is 5.30 Å². The van der Waals surface area contributed by atoms with E-state index >= 15 is 0 Å². The average molecular weight is 141 g/mol. The molecule has 0 fully saturated rings. The van der Waals surface area contributed by atoms with Crippen molar-refractivity contribution in [3.05, 3.63) is 24.3 Å². The van der Waals surface area contributed by atoms with Gasteiger partial charge in [0.1, 0.15) is 5.75 Å². The summed E-state index contributed by atoms with van der Waals surface area (Å²) in [6.45, 7) is 0. The zero-order valence-electron chi connectivity index (χ0n) is 4.66. The lowest BCUT2D eigenvalue weighted by Gasteiger charge is -1.84. The van der Waals surface area contributed by atoms with E-state index in [1.807, 2.05) is 0 Å². The summed E-state index contributed by atoms with van der Waals surface area (Å²) in [5.74, 6) is 0.163. The molecule has 0 radical (unpaired) electrons. The number of benzene rings is 1.